The second-order valence-electron chi connectivity index (χ2n) is 5.28. The monoisotopic (exact) mass is 341 g/mol. The van der Waals surface area contributed by atoms with E-state index >= 15 is 0 Å². The van der Waals surface area contributed by atoms with Crippen LogP contribution in [-0.4, -0.2) is 76.5 Å². The van der Waals surface area contributed by atoms with E-state index in [1.165, 1.54) is 23.5 Å². The van der Waals surface area contributed by atoms with E-state index in [0.29, 0.717) is 13.1 Å². The molecule has 1 fully saturated rings. The van der Waals surface area contributed by atoms with Crippen molar-refractivity contribution in [2.75, 3.05) is 53.0 Å². The fraction of sp³-hybridized carbons (Fsp3) is 0.533. The first-order chi connectivity index (χ1) is 11.1. The third kappa shape index (κ3) is 4.74. The second kappa shape index (κ2) is 8.39. The van der Waals surface area contributed by atoms with Crippen molar-refractivity contribution in [2.45, 2.75) is 4.90 Å². The SMILES string of the molecule is COCCN(CC(=O)N1CCNCC1)S(=O)(=O)c1ccccc1. The van der Waals surface area contributed by atoms with Gasteiger partial charge in [0.15, 0.2) is 0 Å². The molecule has 23 heavy (non-hydrogen) atoms. The molecule has 0 unspecified atom stereocenters. The predicted molar refractivity (Wildman–Crippen MR) is 86.5 cm³/mol. The van der Waals surface area contributed by atoms with Crippen LogP contribution in [-0.2, 0) is 19.6 Å². The molecule has 0 bridgehead atoms. The van der Waals surface area contributed by atoms with Gasteiger partial charge in [0.05, 0.1) is 18.0 Å². The molecule has 0 radical (unpaired) electrons. The maximum Gasteiger partial charge on any atom is 0.243 e. The maximum atomic E-state index is 12.7. The summed E-state index contributed by atoms with van der Waals surface area (Å²) in [4.78, 5) is 14.3. The Hall–Kier alpha value is -1.48. The van der Waals surface area contributed by atoms with Gasteiger partial charge in [-0.05, 0) is 12.1 Å². The van der Waals surface area contributed by atoms with E-state index in [0.717, 1.165) is 13.1 Å². The van der Waals surface area contributed by atoms with Crippen molar-refractivity contribution in [1.82, 2.24) is 14.5 Å². The molecule has 128 valence electrons. The lowest BCUT2D eigenvalue weighted by molar-refractivity contribution is -0.132. The molecule has 0 atom stereocenters. The summed E-state index contributed by atoms with van der Waals surface area (Å²) in [5.74, 6) is -0.179. The Balaban J connectivity index is 2.14. The van der Waals surface area contributed by atoms with Crippen molar-refractivity contribution in [1.29, 1.82) is 0 Å². The van der Waals surface area contributed by atoms with E-state index in [1.54, 1.807) is 23.1 Å². The minimum atomic E-state index is -3.72. The zero-order valence-corrected chi connectivity index (χ0v) is 14.1. The fourth-order valence-electron chi connectivity index (χ4n) is 2.38. The molecular formula is C15H23N3O4S. The second-order valence-corrected chi connectivity index (χ2v) is 7.21. The van der Waals surface area contributed by atoms with E-state index in [9.17, 15) is 13.2 Å². The van der Waals surface area contributed by atoms with Crippen molar-refractivity contribution < 1.29 is 17.9 Å². The molecule has 0 aromatic heterocycles. The minimum absolute atomic E-state index is 0.144. The molecule has 8 heteroatoms. The summed E-state index contributed by atoms with van der Waals surface area (Å²) in [6.07, 6.45) is 0. The van der Waals surface area contributed by atoms with Crippen molar-refractivity contribution in [3.63, 3.8) is 0 Å². The van der Waals surface area contributed by atoms with Gasteiger partial charge in [0.1, 0.15) is 0 Å². The molecule has 1 amide bonds. The summed E-state index contributed by atoms with van der Waals surface area (Å²) in [7, 11) is -2.21. The van der Waals surface area contributed by atoms with E-state index in [1.807, 2.05) is 0 Å². The van der Waals surface area contributed by atoms with Gasteiger partial charge < -0.3 is 15.0 Å². The van der Waals surface area contributed by atoms with Gasteiger partial charge >= 0.3 is 0 Å². The lowest BCUT2D eigenvalue weighted by Crippen LogP contribution is -2.50. The maximum absolute atomic E-state index is 12.7. The van der Waals surface area contributed by atoms with E-state index in [2.05, 4.69) is 5.32 Å². The highest BCUT2D eigenvalue weighted by Gasteiger charge is 2.28. The number of amides is 1. The number of piperazine rings is 1. The van der Waals surface area contributed by atoms with Crippen molar-refractivity contribution in [3.8, 4) is 0 Å². The third-order valence-electron chi connectivity index (χ3n) is 3.71. The van der Waals surface area contributed by atoms with Gasteiger partial charge in [-0.3, -0.25) is 4.79 Å². The molecule has 1 saturated heterocycles. The van der Waals surface area contributed by atoms with Crippen LogP contribution in [0.25, 0.3) is 0 Å². The van der Waals surface area contributed by atoms with Crippen LogP contribution in [0.1, 0.15) is 0 Å². The van der Waals surface area contributed by atoms with Crippen LogP contribution in [0.5, 0.6) is 0 Å². The van der Waals surface area contributed by atoms with Crippen LogP contribution in [0.4, 0.5) is 0 Å². The number of sulfonamides is 1. The number of methoxy groups -OCH3 is 1. The highest BCUT2D eigenvalue weighted by atomic mass is 32.2. The number of benzene rings is 1. The molecule has 1 heterocycles. The summed E-state index contributed by atoms with van der Waals surface area (Å²) in [6.45, 7) is 2.88. The number of nitrogens with zero attached hydrogens (tertiary/aromatic N) is 2. The van der Waals surface area contributed by atoms with Crippen LogP contribution >= 0.6 is 0 Å². The van der Waals surface area contributed by atoms with E-state index < -0.39 is 10.0 Å². The summed E-state index contributed by atoms with van der Waals surface area (Å²) in [5, 5.41) is 3.17. The van der Waals surface area contributed by atoms with E-state index in [-0.39, 0.29) is 30.5 Å². The molecule has 0 aliphatic carbocycles. The number of hydrogen-bond donors (Lipinski definition) is 1. The van der Waals surface area contributed by atoms with Crippen LogP contribution in [0.15, 0.2) is 35.2 Å². The molecule has 1 N–H and O–H groups in total. The average molecular weight is 341 g/mol. The number of nitrogens with one attached hydrogen (secondary N) is 1. The first-order valence-corrected chi connectivity index (χ1v) is 9.02. The van der Waals surface area contributed by atoms with Gasteiger partial charge in [-0.1, -0.05) is 18.2 Å². The molecular weight excluding hydrogens is 318 g/mol. The van der Waals surface area contributed by atoms with Crippen LogP contribution in [0.3, 0.4) is 0 Å². The molecule has 7 nitrogen and oxygen atoms in total. The Labute approximate surface area is 137 Å². The normalized spacial score (nSPS) is 15.8. The van der Waals surface area contributed by atoms with Crippen LogP contribution < -0.4 is 5.32 Å². The molecule has 1 aromatic carbocycles. The van der Waals surface area contributed by atoms with Crippen molar-refractivity contribution >= 4 is 15.9 Å². The van der Waals surface area contributed by atoms with Gasteiger partial charge in [0, 0.05) is 39.8 Å². The van der Waals surface area contributed by atoms with Gasteiger partial charge in [-0.2, -0.15) is 4.31 Å². The molecule has 1 aliphatic rings. The van der Waals surface area contributed by atoms with Gasteiger partial charge in [0.2, 0.25) is 15.9 Å². The smallest absolute Gasteiger partial charge is 0.243 e. The number of carbonyl (C=O) groups excluding carboxylic acids is 1. The highest BCUT2D eigenvalue weighted by molar-refractivity contribution is 7.89. The first-order valence-electron chi connectivity index (χ1n) is 7.58. The molecule has 2 rings (SSSR count). The standard InChI is InChI=1S/C15H23N3O4S/c1-22-12-11-18(13-15(19)17-9-7-16-8-10-17)23(20,21)14-5-3-2-4-6-14/h2-6,16H,7-13H2,1H3. The van der Waals surface area contributed by atoms with E-state index in [4.69, 9.17) is 4.74 Å². The predicted octanol–water partition coefficient (Wildman–Crippen LogP) is -0.244. The molecule has 0 saturated carbocycles. The summed E-state index contributed by atoms with van der Waals surface area (Å²) >= 11 is 0. The highest BCUT2D eigenvalue weighted by Crippen LogP contribution is 2.15. The van der Waals surface area contributed by atoms with Crippen molar-refractivity contribution in [3.05, 3.63) is 30.3 Å². The van der Waals surface area contributed by atoms with Crippen LogP contribution in [0, 0.1) is 0 Å². The van der Waals surface area contributed by atoms with Crippen molar-refractivity contribution in [2.24, 2.45) is 0 Å². The largest absolute Gasteiger partial charge is 0.383 e. The lowest BCUT2D eigenvalue weighted by atomic mass is 10.3. The summed E-state index contributed by atoms with van der Waals surface area (Å²) < 4.78 is 31.7. The Kier molecular flexibility index (Phi) is 6.52. The lowest BCUT2D eigenvalue weighted by Gasteiger charge is -2.30. The van der Waals surface area contributed by atoms with Crippen LogP contribution in [0.2, 0.25) is 0 Å². The van der Waals surface area contributed by atoms with Gasteiger partial charge in [-0.15, -0.1) is 0 Å². The summed E-state index contributed by atoms with van der Waals surface area (Å²) in [5.41, 5.74) is 0. The molecule has 1 aliphatic heterocycles. The first kappa shape index (κ1) is 17.9. The quantitative estimate of drug-likeness (QED) is 0.740. The number of ether oxygens (including phenoxy) is 1. The Bertz CT molecular complexity index is 600. The molecule has 1 aromatic rings. The Morgan fingerprint density at radius 1 is 1.26 bits per heavy atom. The zero-order valence-electron chi connectivity index (χ0n) is 13.3. The third-order valence-corrected chi connectivity index (χ3v) is 5.57. The Morgan fingerprint density at radius 3 is 2.52 bits per heavy atom. The molecule has 0 spiro atoms. The average Bonchev–Trinajstić information content (AvgIpc) is 2.59. The number of carbonyl (C=O) groups is 1. The topological polar surface area (TPSA) is 79.0 Å². The number of rotatable bonds is 7. The fourth-order valence-corrected chi connectivity index (χ4v) is 3.78. The summed E-state index contributed by atoms with van der Waals surface area (Å²) in [6, 6.07) is 8.15. The van der Waals surface area contributed by atoms with Gasteiger partial charge in [-0.25, -0.2) is 8.42 Å². The minimum Gasteiger partial charge on any atom is -0.383 e. The Morgan fingerprint density at radius 2 is 1.91 bits per heavy atom. The zero-order chi connectivity index (χ0) is 16.7. The van der Waals surface area contributed by atoms with Gasteiger partial charge in [0.25, 0.3) is 0 Å². The number of hydrogen-bond acceptors (Lipinski definition) is 5.